The molecule has 0 aliphatic rings. The van der Waals surface area contributed by atoms with Gasteiger partial charge in [0.25, 0.3) is 0 Å². The van der Waals surface area contributed by atoms with Gasteiger partial charge in [0.15, 0.2) is 0 Å². The summed E-state index contributed by atoms with van der Waals surface area (Å²) in [5, 5.41) is 8.38. The van der Waals surface area contributed by atoms with Crippen molar-refractivity contribution in [2.45, 2.75) is 59.3 Å². The fourth-order valence-corrected chi connectivity index (χ4v) is 1.64. The molecule has 0 aromatic heterocycles. The summed E-state index contributed by atoms with van der Waals surface area (Å²) in [7, 11) is 0. The Morgan fingerprint density at radius 2 is 0.862 bits per heavy atom. The first-order valence-electron chi connectivity index (χ1n) is 9.72. The summed E-state index contributed by atoms with van der Waals surface area (Å²) in [5.74, 6) is -1.04. The van der Waals surface area contributed by atoms with Gasteiger partial charge in [-0.15, -0.1) is 0 Å². The lowest BCUT2D eigenvalue weighted by atomic mass is 10.2. The minimum Gasteiger partial charge on any atom is -0.462 e. The molecule has 0 atom stereocenters. The molecule has 0 saturated carbocycles. The van der Waals surface area contributed by atoms with Crippen molar-refractivity contribution < 1.29 is 33.7 Å². The predicted octanol–water partition coefficient (Wildman–Crippen LogP) is 3.66. The van der Waals surface area contributed by atoms with Crippen LogP contribution in [0.2, 0.25) is 0 Å². The van der Waals surface area contributed by atoms with Crippen molar-refractivity contribution in [3.05, 3.63) is 36.5 Å². The maximum atomic E-state index is 11.0. The molecule has 0 spiro atoms. The highest BCUT2D eigenvalue weighted by Gasteiger charge is 2.03. The van der Waals surface area contributed by atoms with Gasteiger partial charge in [-0.25, -0.2) is 14.4 Å². The van der Waals surface area contributed by atoms with E-state index in [0.717, 1.165) is 25.7 Å². The third-order valence-electron chi connectivity index (χ3n) is 3.34. The summed E-state index contributed by atoms with van der Waals surface area (Å²) >= 11 is 0. The van der Waals surface area contributed by atoms with Crippen LogP contribution in [0.25, 0.3) is 0 Å². The second-order valence-electron chi connectivity index (χ2n) is 6.59. The summed E-state index contributed by atoms with van der Waals surface area (Å²) < 4.78 is 14.6. The Kier molecular flexibility index (Phi) is 18.8. The first-order chi connectivity index (χ1) is 13.6. The number of esters is 3. The lowest BCUT2D eigenvalue weighted by Crippen LogP contribution is -2.07. The zero-order chi connectivity index (χ0) is 22.7. The Hall–Kier alpha value is -2.41. The summed E-state index contributed by atoms with van der Waals surface area (Å²) in [6, 6.07) is 0. The topological polar surface area (TPSA) is 99.1 Å². The number of rotatable bonds is 14. The fourth-order valence-electron chi connectivity index (χ4n) is 1.64. The molecule has 0 aromatic rings. The molecule has 0 aromatic carbocycles. The number of hydrogen-bond donors (Lipinski definition) is 1. The predicted molar refractivity (Wildman–Crippen MR) is 112 cm³/mol. The quantitative estimate of drug-likeness (QED) is 0.201. The highest BCUT2D eigenvalue weighted by molar-refractivity contribution is 5.87. The first kappa shape index (κ1) is 28.8. The lowest BCUT2D eigenvalue weighted by Gasteiger charge is -2.05. The van der Waals surface area contributed by atoms with Crippen LogP contribution in [0.1, 0.15) is 59.3 Å². The van der Waals surface area contributed by atoms with E-state index in [-0.39, 0.29) is 24.5 Å². The third-order valence-corrected chi connectivity index (χ3v) is 3.34. The van der Waals surface area contributed by atoms with Crippen LogP contribution in [-0.4, -0.2) is 49.4 Å². The normalized spacial score (nSPS) is 9.52. The maximum absolute atomic E-state index is 11.0. The molecule has 7 heteroatoms. The zero-order valence-corrected chi connectivity index (χ0v) is 18.1. The molecular formula is C22H36O7. The molecule has 0 unspecified atom stereocenters. The molecule has 7 nitrogen and oxygen atoms in total. The van der Waals surface area contributed by atoms with Crippen molar-refractivity contribution in [3.8, 4) is 0 Å². The van der Waals surface area contributed by atoms with E-state index in [1.54, 1.807) is 20.8 Å². The van der Waals surface area contributed by atoms with Crippen molar-refractivity contribution >= 4 is 17.9 Å². The average Bonchev–Trinajstić information content (AvgIpc) is 2.66. The number of unbranched alkanes of at least 4 members (excludes halogenated alkanes) is 4. The second-order valence-corrected chi connectivity index (χ2v) is 6.59. The van der Waals surface area contributed by atoms with E-state index in [2.05, 4.69) is 19.7 Å². The van der Waals surface area contributed by atoms with Crippen molar-refractivity contribution in [3.63, 3.8) is 0 Å². The summed E-state index contributed by atoms with van der Waals surface area (Å²) in [6.07, 6.45) is 4.88. The van der Waals surface area contributed by atoms with Crippen LogP contribution in [0.4, 0.5) is 0 Å². The number of hydrogen-bond acceptors (Lipinski definition) is 7. The average molecular weight is 413 g/mol. The molecule has 0 heterocycles. The molecule has 0 aliphatic carbocycles. The monoisotopic (exact) mass is 412 g/mol. The van der Waals surface area contributed by atoms with Crippen LogP contribution in [0.3, 0.4) is 0 Å². The van der Waals surface area contributed by atoms with Crippen molar-refractivity contribution in [1.29, 1.82) is 0 Å². The molecule has 29 heavy (non-hydrogen) atoms. The van der Waals surface area contributed by atoms with Crippen LogP contribution in [-0.2, 0) is 28.6 Å². The fraction of sp³-hybridized carbons (Fsp3) is 0.591. The molecule has 0 amide bonds. The summed E-state index contributed by atoms with van der Waals surface area (Å²) in [4.78, 5) is 32.8. The Labute approximate surface area is 174 Å². The van der Waals surface area contributed by atoms with Gasteiger partial charge >= 0.3 is 17.9 Å². The molecule has 0 bridgehead atoms. The van der Waals surface area contributed by atoms with Gasteiger partial charge in [-0.05, 0) is 59.3 Å². The minimum absolute atomic E-state index is 0.143. The van der Waals surface area contributed by atoms with Gasteiger partial charge in [0.2, 0.25) is 0 Å². The molecule has 166 valence electrons. The van der Waals surface area contributed by atoms with E-state index in [1.165, 1.54) is 0 Å². The van der Waals surface area contributed by atoms with Gasteiger partial charge < -0.3 is 19.3 Å². The summed E-state index contributed by atoms with van der Waals surface area (Å²) in [6.45, 7) is 16.6. The van der Waals surface area contributed by atoms with Crippen LogP contribution in [0.5, 0.6) is 0 Å². The van der Waals surface area contributed by atoms with Gasteiger partial charge in [0.05, 0.1) is 19.8 Å². The van der Waals surface area contributed by atoms with Crippen molar-refractivity contribution in [1.82, 2.24) is 0 Å². The Balaban J connectivity index is 0. The Bertz CT molecular complexity index is 517. The van der Waals surface area contributed by atoms with E-state index in [0.29, 0.717) is 49.4 Å². The second kappa shape index (κ2) is 18.9. The van der Waals surface area contributed by atoms with Gasteiger partial charge in [0, 0.05) is 23.3 Å². The molecule has 1 N–H and O–H groups in total. The molecule has 0 saturated heterocycles. The van der Waals surface area contributed by atoms with E-state index < -0.39 is 0 Å². The SMILES string of the molecule is C=C(C)C(=O)OCCCCCCOC(=O)C(=C)C.C=C(C)C(=O)OCCCCO. The summed E-state index contributed by atoms with van der Waals surface area (Å²) in [5.41, 5.74) is 1.25. The van der Waals surface area contributed by atoms with Crippen LogP contribution < -0.4 is 0 Å². The van der Waals surface area contributed by atoms with Crippen LogP contribution in [0.15, 0.2) is 36.5 Å². The number of carbonyl (C=O) groups excluding carboxylic acids is 3. The molecule has 0 rings (SSSR count). The smallest absolute Gasteiger partial charge is 0.333 e. The van der Waals surface area contributed by atoms with E-state index >= 15 is 0 Å². The number of ether oxygens (including phenoxy) is 3. The van der Waals surface area contributed by atoms with E-state index in [9.17, 15) is 14.4 Å². The minimum atomic E-state index is -0.358. The van der Waals surface area contributed by atoms with Gasteiger partial charge in [0.1, 0.15) is 0 Å². The van der Waals surface area contributed by atoms with Crippen molar-refractivity contribution in [2.75, 3.05) is 26.4 Å². The molecule has 0 aliphatic heterocycles. The Morgan fingerprint density at radius 1 is 0.586 bits per heavy atom. The first-order valence-corrected chi connectivity index (χ1v) is 9.72. The lowest BCUT2D eigenvalue weighted by molar-refractivity contribution is -0.140. The van der Waals surface area contributed by atoms with Crippen molar-refractivity contribution in [2.24, 2.45) is 0 Å². The molecule has 0 radical (unpaired) electrons. The number of carbonyl (C=O) groups is 3. The van der Waals surface area contributed by atoms with Crippen LogP contribution >= 0.6 is 0 Å². The van der Waals surface area contributed by atoms with Gasteiger partial charge in [-0.3, -0.25) is 0 Å². The number of aliphatic hydroxyl groups excluding tert-OH is 1. The molecular weight excluding hydrogens is 376 g/mol. The van der Waals surface area contributed by atoms with E-state index in [4.69, 9.17) is 19.3 Å². The standard InChI is InChI=1S/C14H22O4.C8H14O3/c1-11(2)13(15)17-9-7-5-6-8-10-18-14(16)12(3)4;1-7(2)8(10)11-6-4-3-5-9/h1,3,5-10H2,2,4H3;9H,1,3-6H2,2H3. The number of aliphatic hydroxyl groups is 1. The zero-order valence-electron chi connectivity index (χ0n) is 18.1. The third kappa shape index (κ3) is 20.1. The largest absolute Gasteiger partial charge is 0.462 e. The maximum Gasteiger partial charge on any atom is 0.333 e. The van der Waals surface area contributed by atoms with Gasteiger partial charge in [-0.2, -0.15) is 0 Å². The van der Waals surface area contributed by atoms with Gasteiger partial charge in [-0.1, -0.05) is 19.7 Å². The van der Waals surface area contributed by atoms with E-state index in [1.807, 2.05) is 0 Å². The Morgan fingerprint density at radius 3 is 1.10 bits per heavy atom. The van der Waals surface area contributed by atoms with Crippen LogP contribution in [0, 0.1) is 0 Å². The highest BCUT2D eigenvalue weighted by Crippen LogP contribution is 2.03. The molecule has 0 fully saturated rings. The highest BCUT2D eigenvalue weighted by atomic mass is 16.5.